The van der Waals surface area contributed by atoms with E-state index < -0.39 is 6.04 Å². The van der Waals surface area contributed by atoms with Crippen LogP contribution in [-0.2, 0) is 9.53 Å². The van der Waals surface area contributed by atoms with Crippen LogP contribution in [0.5, 0.6) is 0 Å². The summed E-state index contributed by atoms with van der Waals surface area (Å²) in [5.41, 5.74) is 3.35. The molecule has 1 aliphatic heterocycles. The molecule has 0 aromatic heterocycles. The Morgan fingerprint density at radius 3 is 2.48 bits per heavy atom. The standard InChI is InChI=1S/C22H23BrN4O3S/c1-4-30-20(28)18-13(2)27(3)22(31)26-19(18)14-9-11-15(12-10-14)24-21(29)25-17-8-6-5-7-16(17)23/h5-12,19H,4H2,1-3H3,(H,26,31)(H2,24,25,29). The second-order valence-electron chi connectivity index (χ2n) is 6.84. The summed E-state index contributed by atoms with van der Waals surface area (Å²) >= 11 is 8.80. The predicted molar refractivity (Wildman–Crippen MR) is 129 cm³/mol. The second kappa shape index (κ2) is 9.93. The third kappa shape index (κ3) is 5.23. The van der Waals surface area contributed by atoms with Crippen molar-refractivity contribution in [1.29, 1.82) is 0 Å². The molecule has 0 bridgehead atoms. The van der Waals surface area contributed by atoms with Gasteiger partial charge in [-0.15, -0.1) is 0 Å². The van der Waals surface area contributed by atoms with Crippen LogP contribution in [0.25, 0.3) is 0 Å². The molecule has 1 aliphatic rings. The van der Waals surface area contributed by atoms with Gasteiger partial charge in [0.05, 0.1) is 23.9 Å². The number of anilines is 2. The zero-order chi connectivity index (χ0) is 22.5. The van der Waals surface area contributed by atoms with E-state index in [1.165, 1.54) is 0 Å². The highest BCUT2D eigenvalue weighted by Crippen LogP contribution is 2.31. The second-order valence-corrected chi connectivity index (χ2v) is 8.08. The largest absolute Gasteiger partial charge is 0.463 e. The third-order valence-corrected chi connectivity index (χ3v) is 5.96. The number of hydrogen-bond donors (Lipinski definition) is 3. The number of carbonyl (C=O) groups excluding carboxylic acids is 2. The van der Waals surface area contributed by atoms with E-state index in [0.717, 1.165) is 15.7 Å². The van der Waals surface area contributed by atoms with Crippen molar-refractivity contribution >= 4 is 56.6 Å². The van der Waals surface area contributed by atoms with E-state index in [2.05, 4.69) is 31.9 Å². The van der Waals surface area contributed by atoms with Crippen molar-refractivity contribution in [3.05, 3.63) is 69.8 Å². The first-order valence-electron chi connectivity index (χ1n) is 9.66. The quantitative estimate of drug-likeness (QED) is 0.402. The number of esters is 1. The minimum absolute atomic E-state index is 0.284. The summed E-state index contributed by atoms with van der Waals surface area (Å²) < 4.78 is 6.04. The molecular formula is C22H23BrN4O3S. The maximum absolute atomic E-state index is 12.6. The summed E-state index contributed by atoms with van der Waals surface area (Å²) in [5, 5.41) is 9.30. The van der Waals surface area contributed by atoms with E-state index in [-0.39, 0.29) is 18.6 Å². The first-order chi connectivity index (χ1) is 14.8. The lowest BCUT2D eigenvalue weighted by Gasteiger charge is -2.35. The molecule has 0 saturated carbocycles. The summed E-state index contributed by atoms with van der Waals surface area (Å²) in [7, 11) is 1.80. The van der Waals surface area contributed by atoms with Gasteiger partial charge >= 0.3 is 12.0 Å². The van der Waals surface area contributed by atoms with Crippen LogP contribution in [0.1, 0.15) is 25.5 Å². The van der Waals surface area contributed by atoms with Crippen LogP contribution in [0, 0.1) is 0 Å². The Bertz CT molecular complexity index is 1040. The van der Waals surface area contributed by atoms with E-state index in [9.17, 15) is 9.59 Å². The van der Waals surface area contributed by atoms with Crippen molar-refractivity contribution in [2.24, 2.45) is 0 Å². The van der Waals surface area contributed by atoms with E-state index in [1.54, 1.807) is 37.1 Å². The maximum atomic E-state index is 12.6. The number of para-hydroxylation sites is 1. The lowest BCUT2D eigenvalue weighted by molar-refractivity contribution is -0.139. The molecule has 1 atom stereocenters. The molecule has 0 saturated heterocycles. The fourth-order valence-electron chi connectivity index (χ4n) is 3.16. The van der Waals surface area contributed by atoms with E-state index in [1.807, 2.05) is 37.3 Å². The normalized spacial score (nSPS) is 15.9. The highest BCUT2D eigenvalue weighted by Gasteiger charge is 2.33. The molecule has 0 spiro atoms. The summed E-state index contributed by atoms with van der Waals surface area (Å²) in [6, 6.07) is 13.8. The molecule has 31 heavy (non-hydrogen) atoms. The average molecular weight is 503 g/mol. The SMILES string of the molecule is CCOC(=O)C1=C(C)N(C)C(=S)NC1c1ccc(NC(=O)Nc2ccccc2Br)cc1. The van der Waals surface area contributed by atoms with Crippen LogP contribution in [0.2, 0.25) is 0 Å². The Morgan fingerprint density at radius 1 is 1.16 bits per heavy atom. The topological polar surface area (TPSA) is 82.7 Å². The molecule has 3 rings (SSSR count). The lowest BCUT2D eigenvalue weighted by Crippen LogP contribution is -2.46. The minimum Gasteiger partial charge on any atom is -0.463 e. The molecule has 1 unspecified atom stereocenters. The fourth-order valence-corrected chi connectivity index (χ4v) is 3.80. The molecular weight excluding hydrogens is 480 g/mol. The Kier molecular flexibility index (Phi) is 7.29. The third-order valence-electron chi connectivity index (χ3n) is 4.87. The molecule has 0 radical (unpaired) electrons. The van der Waals surface area contributed by atoms with Crippen LogP contribution in [-0.4, -0.2) is 35.7 Å². The highest BCUT2D eigenvalue weighted by molar-refractivity contribution is 9.10. The van der Waals surface area contributed by atoms with Crippen LogP contribution >= 0.6 is 28.1 Å². The first kappa shape index (κ1) is 22.8. The number of hydrogen-bond acceptors (Lipinski definition) is 4. The Labute approximate surface area is 195 Å². The van der Waals surface area contributed by atoms with Gasteiger partial charge in [-0.1, -0.05) is 24.3 Å². The molecule has 3 N–H and O–H groups in total. The minimum atomic E-state index is -0.439. The maximum Gasteiger partial charge on any atom is 0.338 e. The van der Waals surface area contributed by atoms with Crippen molar-refractivity contribution in [3.63, 3.8) is 0 Å². The smallest absolute Gasteiger partial charge is 0.338 e. The van der Waals surface area contributed by atoms with Crippen molar-refractivity contribution in [2.45, 2.75) is 19.9 Å². The van der Waals surface area contributed by atoms with Gasteiger partial charge in [-0.3, -0.25) is 0 Å². The first-order valence-corrected chi connectivity index (χ1v) is 10.9. The van der Waals surface area contributed by atoms with Crippen molar-refractivity contribution in [1.82, 2.24) is 10.2 Å². The van der Waals surface area contributed by atoms with Gasteiger partial charge in [-0.2, -0.15) is 0 Å². The zero-order valence-corrected chi connectivity index (χ0v) is 19.8. The zero-order valence-electron chi connectivity index (χ0n) is 17.4. The number of nitrogens with one attached hydrogen (secondary N) is 3. The predicted octanol–water partition coefficient (Wildman–Crippen LogP) is 4.79. The summed E-state index contributed by atoms with van der Waals surface area (Å²) in [6.45, 7) is 3.90. The number of carbonyl (C=O) groups is 2. The summed E-state index contributed by atoms with van der Waals surface area (Å²) in [4.78, 5) is 26.7. The van der Waals surface area contributed by atoms with Crippen LogP contribution in [0.3, 0.4) is 0 Å². The molecule has 2 amide bonds. The molecule has 0 aliphatic carbocycles. The molecule has 2 aromatic rings. The van der Waals surface area contributed by atoms with Gasteiger partial charge in [0.25, 0.3) is 0 Å². The molecule has 2 aromatic carbocycles. The van der Waals surface area contributed by atoms with Crippen LogP contribution in [0.15, 0.2) is 64.3 Å². The van der Waals surface area contributed by atoms with Gasteiger partial charge in [0.1, 0.15) is 0 Å². The van der Waals surface area contributed by atoms with Crippen molar-refractivity contribution < 1.29 is 14.3 Å². The highest BCUT2D eigenvalue weighted by atomic mass is 79.9. The molecule has 7 nitrogen and oxygen atoms in total. The fraction of sp³-hybridized carbons (Fsp3) is 0.227. The van der Waals surface area contributed by atoms with Gasteiger partial charge in [0, 0.05) is 22.9 Å². The van der Waals surface area contributed by atoms with E-state index in [0.29, 0.717) is 22.1 Å². The van der Waals surface area contributed by atoms with E-state index >= 15 is 0 Å². The Hall–Kier alpha value is -2.91. The number of thiocarbonyl (C=S) groups is 1. The molecule has 162 valence electrons. The lowest BCUT2D eigenvalue weighted by atomic mass is 9.95. The van der Waals surface area contributed by atoms with Gasteiger partial charge in [-0.25, -0.2) is 9.59 Å². The molecule has 0 fully saturated rings. The number of amides is 2. The van der Waals surface area contributed by atoms with Crippen LogP contribution < -0.4 is 16.0 Å². The summed E-state index contributed by atoms with van der Waals surface area (Å²) in [6.07, 6.45) is 0. The van der Waals surface area contributed by atoms with Gasteiger partial charge in [0.15, 0.2) is 5.11 Å². The molecule has 1 heterocycles. The number of allylic oxidation sites excluding steroid dienone is 1. The number of urea groups is 1. The van der Waals surface area contributed by atoms with E-state index in [4.69, 9.17) is 17.0 Å². The average Bonchev–Trinajstić information content (AvgIpc) is 2.74. The number of halogens is 1. The number of benzene rings is 2. The Balaban J connectivity index is 1.78. The molecule has 9 heteroatoms. The van der Waals surface area contributed by atoms with Gasteiger partial charge in [0.2, 0.25) is 0 Å². The number of rotatable bonds is 5. The van der Waals surface area contributed by atoms with Gasteiger partial charge in [-0.05, 0) is 71.8 Å². The van der Waals surface area contributed by atoms with Crippen molar-refractivity contribution in [2.75, 3.05) is 24.3 Å². The van der Waals surface area contributed by atoms with Gasteiger partial charge < -0.3 is 25.6 Å². The monoisotopic (exact) mass is 502 g/mol. The van der Waals surface area contributed by atoms with Crippen LogP contribution in [0.4, 0.5) is 16.2 Å². The summed E-state index contributed by atoms with van der Waals surface area (Å²) in [5.74, 6) is -0.387. The Morgan fingerprint density at radius 2 is 1.84 bits per heavy atom. The van der Waals surface area contributed by atoms with Crippen molar-refractivity contribution in [3.8, 4) is 0 Å². The number of ether oxygens (including phenoxy) is 1. The number of nitrogens with zero attached hydrogens (tertiary/aromatic N) is 1.